The molecule has 0 amide bonds. The molecule has 0 aliphatic carbocycles. The minimum Gasteiger partial charge on any atom is -0.389 e. The van der Waals surface area contributed by atoms with Gasteiger partial charge in [0.05, 0.1) is 5.60 Å². The fourth-order valence-electron chi connectivity index (χ4n) is 1.49. The van der Waals surface area contributed by atoms with E-state index in [9.17, 15) is 9.50 Å². The number of hydrogen-bond acceptors (Lipinski definition) is 2. The minimum absolute atomic E-state index is 0.248. The van der Waals surface area contributed by atoms with Crippen LogP contribution in [0.2, 0.25) is 0 Å². The quantitative estimate of drug-likeness (QED) is 0.763. The number of hydrogen-bond donors (Lipinski definition) is 2. The Morgan fingerprint density at radius 3 is 2.43 bits per heavy atom. The Balaban J connectivity index is 2.64. The highest BCUT2D eigenvalue weighted by molar-refractivity contribution is 5.18. The van der Waals surface area contributed by atoms with Crippen molar-refractivity contribution in [2.24, 2.45) is 0 Å². The second-order valence-electron chi connectivity index (χ2n) is 3.83. The molecule has 0 saturated carbocycles. The normalized spacial score (nSPS) is 15.1. The first-order valence-electron chi connectivity index (χ1n) is 4.65. The molecular weight excluding hydrogens is 181 g/mol. The van der Waals surface area contributed by atoms with Crippen molar-refractivity contribution in [3.05, 3.63) is 35.6 Å². The zero-order valence-electron chi connectivity index (χ0n) is 8.55. The summed E-state index contributed by atoms with van der Waals surface area (Å²) in [6, 6.07) is 6.20. The van der Waals surface area contributed by atoms with Gasteiger partial charge in [-0.2, -0.15) is 0 Å². The number of nitrogens with one attached hydrogen (secondary N) is 1. The van der Waals surface area contributed by atoms with Crippen LogP contribution in [0.3, 0.4) is 0 Å². The van der Waals surface area contributed by atoms with Crippen LogP contribution in [-0.2, 0) is 6.42 Å². The minimum atomic E-state index is -0.785. The molecule has 78 valence electrons. The highest BCUT2D eigenvalue weighted by Gasteiger charge is 2.19. The maximum atomic E-state index is 12.6. The van der Waals surface area contributed by atoms with Crippen LogP contribution in [0.1, 0.15) is 12.5 Å². The van der Waals surface area contributed by atoms with Crippen molar-refractivity contribution in [1.29, 1.82) is 0 Å². The van der Waals surface area contributed by atoms with Crippen molar-refractivity contribution < 1.29 is 9.50 Å². The summed E-state index contributed by atoms with van der Waals surface area (Å²) in [5, 5.41) is 12.8. The molecule has 0 aliphatic rings. The molecule has 0 aliphatic heterocycles. The molecule has 2 nitrogen and oxygen atoms in total. The number of halogens is 1. The van der Waals surface area contributed by atoms with E-state index in [1.165, 1.54) is 12.1 Å². The van der Waals surface area contributed by atoms with Gasteiger partial charge in [0, 0.05) is 13.0 Å². The van der Waals surface area contributed by atoms with Crippen molar-refractivity contribution in [1.82, 2.24) is 5.32 Å². The lowest BCUT2D eigenvalue weighted by atomic mass is 9.96. The van der Waals surface area contributed by atoms with Gasteiger partial charge in [-0.3, -0.25) is 0 Å². The van der Waals surface area contributed by atoms with Crippen LogP contribution >= 0.6 is 0 Å². The number of aliphatic hydroxyl groups is 1. The summed E-state index contributed by atoms with van der Waals surface area (Å²) in [6.45, 7) is 2.28. The molecule has 0 aromatic heterocycles. The van der Waals surface area contributed by atoms with E-state index in [1.54, 1.807) is 26.1 Å². The average Bonchev–Trinajstić information content (AvgIpc) is 2.08. The Kier molecular flexibility index (Phi) is 3.61. The fraction of sp³-hybridized carbons (Fsp3) is 0.455. The lowest BCUT2D eigenvalue weighted by molar-refractivity contribution is 0.0622. The van der Waals surface area contributed by atoms with Gasteiger partial charge in [-0.1, -0.05) is 12.1 Å². The van der Waals surface area contributed by atoms with Crippen molar-refractivity contribution in [2.75, 3.05) is 13.6 Å². The molecule has 0 saturated heterocycles. The van der Waals surface area contributed by atoms with E-state index in [-0.39, 0.29) is 5.82 Å². The smallest absolute Gasteiger partial charge is 0.123 e. The Bertz CT molecular complexity index is 282. The fourth-order valence-corrected chi connectivity index (χ4v) is 1.49. The lowest BCUT2D eigenvalue weighted by Gasteiger charge is -2.22. The van der Waals surface area contributed by atoms with E-state index in [4.69, 9.17) is 0 Å². The zero-order valence-corrected chi connectivity index (χ0v) is 8.55. The molecule has 0 bridgehead atoms. The van der Waals surface area contributed by atoms with E-state index >= 15 is 0 Å². The van der Waals surface area contributed by atoms with Gasteiger partial charge < -0.3 is 10.4 Å². The molecule has 1 aromatic rings. The summed E-state index contributed by atoms with van der Waals surface area (Å²) < 4.78 is 12.6. The summed E-state index contributed by atoms with van der Waals surface area (Å²) in [5.41, 5.74) is 0.152. The van der Waals surface area contributed by atoms with Gasteiger partial charge in [0.15, 0.2) is 0 Å². The maximum Gasteiger partial charge on any atom is 0.123 e. The van der Waals surface area contributed by atoms with Crippen LogP contribution < -0.4 is 5.32 Å². The van der Waals surface area contributed by atoms with Crippen LogP contribution in [0, 0.1) is 5.82 Å². The third kappa shape index (κ3) is 3.44. The molecule has 14 heavy (non-hydrogen) atoms. The Morgan fingerprint density at radius 1 is 1.36 bits per heavy atom. The van der Waals surface area contributed by atoms with Crippen LogP contribution in [0.4, 0.5) is 4.39 Å². The van der Waals surface area contributed by atoms with E-state index < -0.39 is 5.60 Å². The number of benzene rings is 1. The van der Waals surface area contributed by atoms with Crippen molar-refractivity contribution in [3.63, 3.8) is 0 Å². The second kappa shape index (κ2) is 4.53. The van der Waals surface area contributed by atoms with Gasteiger partial charge in [0.1, 0.15) is 5.82 Å². The number of likely N-dealkylation sites (N-methyl/N-ethyl adjacent to an activating group) is 1. The highest BCUT2D eigenvalue weighted by atomic mass is 19.1. The predicted octanol–water partition coefficient (Wildman–Crippen LogP) is 1.34. The molecule has 0 radical (unpaired) electrons. The van der Waals surface area contributed by atoms with Gasteiger partial charge in [-0.15, -0.1) is 0 Å². The molecule has 1 aromatic carbocycles. The van der Waals surface area contributed by atoms with Crippen molar-refractivity contribution >= 4 is 0 Å². The topological polar surface area (TPSA) is 32.3 Å². The molecule has 0 heterocycles. The predicted molar refractivity (Wildman–Crippen MR) is 54.7 cm³/mol. The Labute approximate surface area is 83.8 Å². The van der Waals surface area contributed by atoms with Crippen LogP contribution in [0.15, 0.2) is 24.3 Å². The molecule has 1 rings (SSSR count). The van der Waals surface area contributed by atoms with E-state index in [0.29, 0.717) is 13.0 Å². The largest absolute Gasteiger partial charge is 0.389 e. The molecule has 1 unspecified atom stereocenters. The first kappa shape index (κ1) is 11.1. The Morgan fingerprint density at radius 2 is 1.93 bits per heavy atom. The van der Waals surface area contributed by atoms with Gasteiger partial charge >= 0.3 is 0 Å². The molecular formula is C11H16FNO. The summed E-state index contributed by atoms with van der Waals surface area (Å²) in [5.74, 6) is -0.248. The van der Waals surface area contributed by atoms with E-state index in [1.807, 2.05) is 0 Å². The average molecular weight is 197 g/mol. The van der Waals surface area contributed by atoms with Crippen molar-refractivity contribution in [2.45, 2.75) is 18.9 Å². The summed E-state index contributed by atoms with van der Waals surface area (Å²) in [4.78, 5) is 0. The van der Waals surface area contributed by atoms with Gasteiger partial charge in [0.2, 0.25) is 0 Å². The summed E-state index contributed by atoms with van der Waals surface area (Å²) >= 11 is 0. The van der Waals surface area contributed by atoms with Gasteiger partial charge in [-0.25, -0.2) is 4.39 Å². The molecule has 0 fully saturated rings. The monoisotopic (exact) mass is 197 g/mol. The van der Waals surface area contributed by atoms with Crippen LogP contribution in [0.25, 0.3) is 0 Å². The zero-order chi connectivity index (χ0) is 10.6. The third-order valence-corrected chi connectivity index (χ3v) is 2.06. The highest BCUT2D eigenvalue weighted by Crippen LogP contribution is 2.12. The summed E-state index contributed by atoms with van der Waals surface area (Å²) in [7, 11) is 1.79. The van der Waals surface area contributed by atoms with Crippen LogP contribution in [-0.4, -0.2) is 24.3 Å². The molecule has 3 heteroatoms. The van der Waals surface area contributed by atoms with Gasteiger partial charge in [0.25, 0.3) is 0 Å². The maximum absolute atomic E-state index is 12.6. The number of rotatable bonds is 4. The third-order valence-electron chi connectivity index (χ3n) is 2.06. The Hall–Kier alpha value is -0.930. The molecule has 2 N–H and O–H groups in total. The van der Waals surface area contributed by atoms with E-state index in [0.717, 1.165) is 5.56 Å². The first-order chi connectivity index (χ1) is 6.53. The standard InChI is InChI=1S/C11H16FNO/c1-11(14,8-13-2)7-9-3-5-10(12)6-4-9/h3-6,13-14H,7-8H2,1-2H3. The van der Waals surface area contributed by atoms with Crippen LogP contribution in [0.5, 0.6) is 0 Å². The lowest BCUT2D eigenvalue weighted by Crippen LogP contribution is -2.38. The van der Waals surface area contributed by atoms with E-state index in [2.05, 4.69) is 5.32 Å². The first-order valence-corrected chi connectivity index (χ1v) is 4.65. The summed E-state index contributed by atoms with van der Waals surface area (Å²) in [6.07, 6.45) is 0.522. The SMILES string of the molecule is CNCC(C)(O)Cc1ccc(F)cc1. The molecule has 0 spiro atoms. The second-order valence-corrected chi connectivity index (χ2v) is 3.83. The van der Waals surface area contributed by atoms with Crippen molar-refractivity contribution in [3.8, 4) is 0 Å². The molecule has 1 atom stereocenters. The van der Waals surface area contributed by atoms with Gasteiger partial charge in [-0.05, 0) is 31.7 Å².